The van der Waals surface area contributed by atoms with Crippen LogP contribution in [0.2, 0.25) is 0 Å². The average Bonchev–Trinajstić information content (AvgIpc) is 2.61. The van der Waals surface area contributed by atoms with Gasteiger partial charge >= 0.3 is 0 Å². The van der Waals surface area contributed by atoms with Crippen LogP contribution >= 0.6 is 0 Å². The summed E-state index contributed by atoms with van der Waals surface area (Å²) in [4.78, 5) is 4.48. The first-order valence-electron chi connectivity index (χ1n) is 7.95. The van der Waals surface area contributed by atoms with E-state index in [2.05, 4.69) is 9.71 Å². The van der Waals surface area contributed by atoms with Gasteiger partial charge in [-0.2, -0.15) is 5.26 Å². The molecule has 0 radical (unpaired) electrons. The standard InChI is InChI=1S/C20H17N3O2S/c1-14-3-6-19(7-4-14)26(24,25)23-18-10-15(2)9-17(11-18)20-8-5-16(12-21)13-22-20/h3-11,13,23H,1-2H3. The Labute approximate surface area is 153 Å². The van der Waals surface area contributed by atoms with E-state index in [9.17, 15) is 8.42 Å². The molecule has 0 aliphatic heterocycles. The molecule has 5 nitrogen and oxygen atoms in total. The van der Waals surface area contributed by atoms with E-state index >= 15 is 0 Å². The summed E-state index contributed by atoms with van der Waals surface area (Å²) in [5.41, 5.74) is 4.27. The van der Waals surface area contributed by atoms with Gasteiger partial charge in [0, 0.05) is 17.4 Å². The second kappa shape index (κ2) is 6.98. The Hall–Kier alpha value is -3.17. The minimum absolute atomic E-state index is 0.211. The van der Waals surface area contributed by atoms with Crippen molar-refractivity contribution in [2.24, 2.45) is 0 Å². The first-order valence-corrected chi connectivity index (χ1v) is 9.43. The SMILES string of the molecule is Cc1ccc(S(=O)(=O)Nc2cc(C)cc(-c3ccc(C#N)cn3)c2)cc1. The van der Waals surface area contributed by atoms with Crippen molar-refractivity contribution < 1.29 is 8.42 Å². The van der Waals surface area contributed by atoms with Crippen LogP contribution in [0.15, 0.2) is 65.7 Å². The Balaban J connectivity index is 1.94. The predicted octanol–water partition coefficient (Wildman–Crippen LogP) is 4.04. The Morgan fingerprint density at radius 1 is 0.962 bits per heavy atom. The van der Waals surface area contributed by atoms with Crippen LogP contribution in [-0.4, -0.2) is 13.4 Å². The summed E-state index contributed by atoms with van der Waals surface area (Å²) in [5.74, 6) is 0. The highest BCUT2D eigenvalue weighted by molar-refractivity contribution is 7.92. The van der Waals surface area contributed by atoms with Gasteiger partial charge in [-0.25, -0.2) is 8.42 Å². The third kappa shape index (κ3) is 3.90. The van der Waals surface area contributed by atoms with Gasteiger partial charge in [0.05, 0.1) is 16.2 Å². The summed E-state index contributed by atoms with van der Waals surface area (Å²) in [6.07, 6.45) is 1.49. The van der Waals surface area contributed by atoms with Crippen LogP contribution in [0, 0.1) is 25.2 Å². The normalized spacial score (nSPS) is 11.0. The van der Waals surface area contributed by atoms with E-state index in [0.717, 1.165) is 16.7 Å². The summed E-state index contributed by atoms with van der Waals surface area (Å²) in [7, 11) is -3.67. The fraction of sp³-hybridized carbons (Fsp3) is 0.100. The van der Waals surface area contributed by atoms with E-state index in [1.807, 2.05) is 26.0 Å². The molecular formula is C20H17N3O2S. The van der Waals surface area contributed by atoms with Crippen LogP contribution in [0.25, 0.3) is 11.3 Å². The van der Waals surface area contributed by atoms with Crippen LogP contribution in [0.1, 0.15) is 16.7 Å². The van der Waals surface area contributed by atoms with Crippen LogP contribution in [0.5, 0.6) is 0 Å². The van der Waals surface area contributed by atoms with Gasteiger partial charge in [0.2, 0.25) is 0 Å². The van der Waals surface area contributed by atoms with Crippen molar-refractivity contribution in [1.29, 1.82) is 5.26 Å². The van der Waals surface area contributed by atoms with E-state index in [1.165, 1.54) is 6.20 Å². The molecule has 0 bridgehead atoms. The molecule has 1 N–H and O–H groups in total. The molecule has 0 saturated carbocycles. The second-order valence-corrected chi connectivity index (χ2v) is 7.73. The molecule has 0 amide bonds. The summed E-state index contributed by atoms with van der Waals surface area (Å²) >= 11 is 0. The molecule has 6 heteroatoms. The number of nitriles is 1. The van der Waals surface area contributed by atoms with Crippen molar-refractivity contribution in [3.05, 3.63) is 77.5 Å². The fourth-order valence-corrected chi connectivity index (χ4v) is 3.59. The van der Waals surface area contributed by atoms with E-state index in [-0.39, 0.29) is 4.90 Å². The molecule has 0 aliphatic rings. The van der Waals surface area contributed by atoms with Gasteiger partial charge < -0.3 is 0 Å². The summed E-state index contributed by atoms with van der Waals surface area (Å²) < 4.78 is 27.8. The van der Waals surface area contributed by atoms with Gasteiger partial charge in [0.1, 0.15) is 6.07 Å². The lowest BCUT2D eigenvalue weighted by Gasteiger charge is -2.11. The van der Waals surface area contributed by atoms with Crippen molar-refractivity contribution in [3.8, 4) is 17.3 Å². The maximum absolute atomic E-state index is 12.6. The lowest BCUT2D eigenvalue weighted by Crippen LogP contribution is -2.13. The number of aryl methyl sites for hydroxylation is 2. The molecule has 0 fully saturated rings. The third-order valence-electron chi connectivity index (χ3n) is 3.85. The Morgan fingerprint density at radius 3 is 2.31 bits per heavy atom. The van der Waals surface area contributed by atoms with Crippen LogP contribution in [0.4, 0.5) is 5.69 Å². The zero-order valence-corrected chi connectivity index (χ0v) is 15.2. The van der Waals surface area contributed by atoms with E-state index in [1.54, 1.807) is 48.5 Å². The average molecular weight is 363 g/mol. The summed E-state index contributed by atoms with van der Waals surface area (Å²) in [5, 5.41) is 8.87. The molecule has 0 aliphatic carbocycles. The molecular weight excluding hydrogens is 346 g/mol. The number of nitrogens with zero attached hydrogens (tertiary/aromatic N) is 2. The lowest BCUT2D eigenvalue weighted by atomic mass is 10.1. The third-order valence-corrected chi connectivity index (χ3v) is 5.25. The maximum Gasteiger partial charge on any atom is 0.261 e. The zero-order valence-electron chi connectivity index (χ0n) is 14.4. The molecule has 1 aromatic heterocycles. The number of anilines is 1. The molecule has 0 spiro atoms. The Morgan fingerprint density at radius 2 is 1.69 bits per heavy atom. The molecule has 3 aromatic rings. The van der Waals surface area contributed by atoms with Gasteiger partial charge in [-0.3, -0.25) is 9.71 Å². The molecule has 2 aromatic carbocycles. The van der Waals surface area contributed by atoms with Crippen molar-refractivity contribution in [3.63, 3.8) is 0 Å². The Kier molecular flexibility index (Phi) is 4.74. The first kappa shape index (κ1) is 17.6. The van der Waals surface area contributed by atoms with Crippen LogP contribution < -0.4 is 4.72 Å². The van der Waals surface area contributed by atoms with Crippen molar-refractivity contribution in [1.82, 2.24) is 4.98 Å². The number of rotatable bonds is 4. The quantitative estimate of drug-likeness (QED) is 0.758. The number of hydrogen-bond acceptors (Lipinski definition) is 4. The topological polar surface area (TPSA) is 82.9 Å². The van der Waals surface area contributed by atoms with Gasteiger partial charge in [0.15, 0.2) is 0 Å². The molecule has 26 heavy (non-hydrogen) atoms. The van der Waals surface area contributed by atoms with E-state index < -0.39 is 10.0 Å². The van der Waals surface area contributed by atoms with Gasteiger partial charge in [0.25, 0.3) is 10.0 Å². The van der Waals surface area contributed by atoms with Crippen molar-refractivity contribution >= 4 is 15.7 Å². The van der Waals surface area contributed by atoms with Crippen LogP contribution in [0.3, 0.4) is 0 Å². The number of hydrogen-bond donors (Lipinski definition) is 1. The monoisotopic (exact) mass is 363 g/mol. The molecule has 130 valence electrons. The van der Waals surface area contributed by atoms with E-state index in [0.29, 0.717) is 16.9 Å². The fourth-order valence-electron chi connectivity index (χ4n) is 2.55. The number of sulfonamides is 1. The predicted molar refractivity (Wildman–Crippen MR) is 101 cm³/mol. The van der Waals surface area contributed by atoms with Crippen molar-refractivity contribution in [2.75, 3.05) is 4.72 Å². The van der Waals surface area contributed by atoms with Crippen LogP contribution in [-0.2, 0) is 10.0 Å². The van der Waals surface area contributed by atoms with Gasteiger partial charge in [-0.05, 0) is 61.9 Å². The van der Waals surface area contributed by atoms with Crippen molar-refractivity contribution in [2.45, 2.75) is 18.7 Å². The molecule has 0 saturated heterocycles. The minimum atomic E-state index is -3.67. The largest absolute Gasteiger partial charge is 0.280 e. The highest BCUT2D eigenvalue weighted by atomic mass is 32.2. The molecule has 0 atom stereocenters. The molecule has 3 rings (SSSR count). The molecule has 0 unspecified atom stereocenters. The number of pyridine rings is 1. The minimum Gasteiger partial charge on any atom is -0.280 e. The maximum atomic E-state index is 12.6. The zero-order chi connectivity index (χ0) is 18.7. The smallest absolute Gasteiger partial charge is 0.261 e. The second-order valence-electron chi connectivity index (χ2n) is 6.05. The summed E-state index contributed by atoms with van der Waals surface area (Å²) in [6, 6.07) is 17.5. The molecule has 1 heterocycles. The van der Waals surface area contributed by atoms with Gasteiger partial charge in [-0.15, -0.1) is 0 Å². The Bertz CT molecular complexity index is 1080. The van der Waals surface area contributed by atoms with E-state index in [4.69, 9.17) is 5.26 Å². The highest BCUT2D eigenvalue weighted by Crippen LogP contribution is 2.25. The lowest BCUT2D eigenvalue weighted by molar-refractivity contribution is 0.601. The number of aromatic nitrogens is 1. The summed E-state index contributed by atoms with van der Waals surface area (Å²) in [6.45, 7) is 3.79. The highest BCUT2D eigenvalue weighted by Gasteiger charge is 2.15. The number of benzene rings is 2. The van der Waals surface area contributed by atoms with Gasteiger partial charge in [-0.1, -0.05) is 17.7 Å². The number of nitrogens with one attached hydrogen (secondary N) is 1. The first-order chi connectivity index (χ1) is 12.4.